The second-order valence-corrected chi connectivity index (χ2v) is 8.32. The van der Waals surface area contributed by atoms with Gasteiger partial charge in [-0.2, -0.15) is 0 Å². The van der Waals surface area contributed by atoms with Crippen molar-refractivity contribution in [3.63, 3.8) is 0 Å². The van der Waals surface area contributed by atoms with Crippen molar-refractivity contribution >= 4 is 50.7 Å². The van der Waals surface area contributed by atoms with Gasteiger partial charge in [-0.05, 0) is 47.3 Å². The van der Waals surface area contributed by atoms with Crippen LogP contribution in [-0.2, 0) is 17.9 Å². The minimum Gasteiger partial charge on any atom is -0.350 e. The molecule has 0 aliphatic carbocycles. The van der Waals surface area contributed by atoms with Crippen LogP contribution in [-0.4, -0.2) is 15.0 Å². The molecule has 1 amide bonds. The van der Waals surface area contributed by atoms with Crippen LogP contribution in [0.2, 0.25) is 10.0 Å². The van der Waals surface area contributed by atoms with E-state index >= 15 is 0 Å². The second kappa shape index (κ2) is 8.47. The lowest BCUT2D eigenvalue weighted by Gasteiger charge is -2.13. The average molecular weight is 460 g/mol. The molecular formula is C21H15Cl2N3O3S. The fourth-order valence-electron chi connectivity index (χ4n) is 3.09. The third-order valence-electron chi connectivity index (χ3n) is 4.53. The molecule has 0 fully saturated rings. The Kier molecular flexibility index (Phi) is 5.76. The molecule has 1 N–H and O–H groups in total. The number of halogens is 2. The number of nitrogens with zero attached hydrogens (tertiary/aromatic N) is 2. The molecule has 0 bridgehead atoms. The number of hydrogen-bond acceptors (Lipinski definition) is 4. The molecule has 2 heterocycles. The molecule has 0 aliphatic heterocycles. The summed E-state index contributed by atoms with van der Waals surface area (Å²) in [6.45, 7) is 0.0754. The number of hydrogen-bond donors (Lipinski definition) is 1. The van der Waals surface area contributed by atoms with Crippen LogP contribution in [0.25, 0.3) is 15.9 Å². The van der Waals surface area contributed by atoms with Crippen LogP contribution in [0.4, 0.5) is 0 Å². The van der Waals surface area contributed by atoms with E-state index in [1.807, 2.05) is 12.1 Å². The Bertz CT molecular complexity index is 1360. The number of rotatable bonds is 5. The molecule has 0 aliphatic rings. The fraction of sp³-hybridized carbons (Fsp3) is 0.0952. The lowest BCUT2D eigenvalue weighted by Crippen LogP contribution is -2.41. The average Bonchev–Trinajstić information content (AvgIpc) is 3.21. The number of amides is 1. The number of thiophene rings is 1. The summed E-state index contributed by atoms with van der Waals surface area (Å²) in [6.07, 6.45) is 0. The Morgan fingerprint density at radius 2 is 1.77 bits per heavy atom. The first-order valence-electron chi connectivity index (χ1n) is 8.94. The highest BCUT2D eigenvalue weighted by atomic mass is 35.5. The van der Waals surface area contributed by atoms with Crippen molar-refractivity contribution in [1.82, 2.24) is 14.5 Å². The molecule has 0 atom stereocenters. The SMILES string of the molecule is O=C(Cn1c(=O)n(-c2cccc(Cl)c2)c(=O)c2sccc21)NCc1ccc(Cl)cc1. The van der Waals surface area contributed by atoms with E-state index in [1.165, 1.54) is 22.0 Å². The van der Waals surface area contributed by atoms with Crippen molar-refractivity contribution in [1.29, 1.82) is 0 Å². The smallest absolute Gasteiger partial charge is 0.336 e. The van der Waals surface area contributed by atoms with Crippen LogP contribution in [0.3, 0.4) is 0 Å². The molecule has 4 rings (SSSR count). The molecule has 2 aromatic carbocycles. The van der Waals surface area contributed by atoms with Crippen molar-refractivity contribution < 1.29 is 4.79 Å². The fourth-order valence-corrected chi connectivity index (χ4v) is 4.22. The van der Waals surface area contributed by atoms with Crippen LogP contribution >= 0.6 is 34.5 Å². The number of benzene rings is 2. The van der Waals surface area contributed by atoms with Gasteiger partial charge in [0.2, 0.25) is 5.91 Å². The molecule has 0 saturated heterocycles. The Hall–Kier alpha value is -2.87. The largest absolute Gasteiger partial charge is 0.350 e. The molecule has 0 radical (unpaired) electrons. The zero-order valence-electron chi connectivity index (χ0n) is 15.5. The van der Waals surface area contributed by atoms with Gasteiger partial charge >= 0.3 is 5.69 Å². The Morgan fingerprint density at radius 3 is 2.50 bits per heavy atom. The maximum Gasteiger partial charge on any atom is 0.336 e. The summed E-state index contributed by atoms with van der Waals surface area (Å²) in [4.78, 5) is 38.6. The van der Waals surface area contributed by atoms with Gasteiger partial charge in [-0.15, -0.1) is 11.3 Å². The quantitative estimate of drug-likeness (QED) is 0.492. The van der Waals surface area contributed by atoms with E-state index in [1.54, 1.807) is 41.8 Å². The van der Waals surface area contributed by atoms with Gasteiger partial charge in [-0.1, -0.05) is 41.4 Å². The third-order valence-corrected chi connectivity index (χ3v) is 5.90. The van der Waals surface area contributed by atoms with Crippen LogP contribution in [0.1, 0.15) is 5.56 Å². The van der Waals surface area contributed by atoms with Gasteiger partial charge in [-0.25, -0.2) is 9.36 Å². The predicted molar refractivity (Wildman–Crippen MR) is 120 cm³/mol. The van der Waals surface area contributed by atoms with Crippen molar-refractivity contribution in [3.05, 3.63) is 96.4 Å². The topological polar surface area (TPSA) is 73.1 Å². The van der Waals surface area contributed by atoms with Gasteiger partial charge in [0.25, 0.3) is 5.56 Å². The minimum atomic E-state index is -0.602. The first kappa shape index (κ1) is 20.4. The summed E-state index contributed by atoms with van der Waals surface area (Å²) in [7, 11) is 0. The summed E-state index contributed by atoms with van der Waals surface area (Å²) in [5, 5.41) is 5.52. The van der Waals surface area contributed by atoms with Crippen molar-refractivity contribution in [2.24, 2.45) is 0 Å². The van der Waals surface area contributed by atoms with Crippen LogP contribution < -0.4 is 16.6 Å². The lowest BCUT2D eigenvalue weighted by molar-refractivity contribution is -0.121. The van der Waals surface area contributed by atoms with Gasteiger partial charge < -0.3 is 5.32 Å². The molecule has 30 heavy (non-hydrogen) atoms. The highest BCUT2D eigenvalue weighted by Crippen LogP contribution is 2.18. The van der Waals surface area contributed by atoms with Gasteiger partial charge in [0, 0.05) is 16.6 Å². The molecule has 2 aromatic heterocycles. The van der Waals surface area contributed by atoms with Crippen molar-refractivity contribution in [2.45, 2.75) is 13.1 Å². The molecule has 0 spiro atoms. The van der Waals surface area contributed by atoms with E-state index in [0.29, 0.717) is 32.5 Å². The maximum atomic E-state index is 13.2. The number of nitrogens with one attached hydrogen (secondary N) is 1. The van der Waals surface area contributed by atoms with E-state index in [4.69, 9.17) is 23.2 Å². The van der Waals surface area contributed by atoms with Gasteiger partial charge in [0.1, 0.15) is 11.2 Å². The standard InChI is InChI=1S/C21H15Cl2N3O3S/c22-14-6-4-13(5-7-14)11-24-18(27)12-25-17-8-9-30-19(17)20(28)26(21(25)29)16-3-1-2-15(23)10-16/h1-10H,11-12H2,(H,24,27). The van der Waals surface area contributed by atoms with Crippen LogP contribution in [0.15, 0.2) is 69.6 Å². The number of carbonyl (C=O) groups excluding carboxylic acids is 1. The van der Waals surface area contributed by atoms with Crippen molar-refractivity contribution in [2.75, 3.05) is 0 Å². The highest BCUT2D eigenvalue weighted by molar-refractivity contribution is 7.17. The normalized spacial score (nSPS) is 11.0. The summed E-state index contributed by atoms with van der Waals surface area (Å²) < 4.78 is 2.72. The maximum absolute atomic E-state index is 13.2. The first-order chi connectivity index (χ1) is 14.4. The molecule has 9 heteroatoms. The van der Waals surface area contributed by atoms with E-state index < -0.39 is 11.2 Å². The number of aromatic nitrogens is 2. The Balaban J connectivity index is 1.69. The third kappa shape index (κ3) is 4.05. The van der Waals surface area contributed by atoms with Crippen molar-refractivity contribution in [3.8, 4) is 5.69 Å². The van der Waals surface area contributed by atoms with E-state index in [0.717, 1.165) is 10.1 Å². The van der Waals surface area contributed by atoms with Crippen LogP contribution in [0, 0.1) is 0 Å². The molecule has 4 aromatic rings. The Morgan fingerprint density at radius 1 is 1.00 bits per heavy atom. The first-order valence-corrected chi connectivity index (χ1v) is 10.6. The number of carbonyl (C=O) groups is 1. The molecular weight excluding hydrogens is 445 g/mol. The second-order valence-electron chi connectivity index (χ2n) is 6.53. The van der Waals surface area contributed by atoms with Crippen LogP contribution in [0.5, 0.6) is 0 Å². The van der Waals surface area contributed by atoms with Gasteiger partial charge in [-0.3, -0.25) is 14.2 Å². The zero-order valence-corrected chi connectivity index (χ0v) is 17.8. The molecule has 152 valence electrons. The minimum absolute atomic E-state index is 0.222. The van der Waals surface area contributed by atoms with Gasteiger partial charge in [0.05, 0.1) is 11.2 Å². The highest BCUT2D eigenvalue weighted by Gasteiger charge is 2.17. The zero-order chi connectivity index (χ0) is 21.3. The number of fused-ring (bicyclic) bond motifs is 1. The lowest BCUT2D eigenvalue weighted by atomic mass is 10.2. The summed E-state index contributed by atoms with van der Waals surface area (Å²) in [6, 6.07) is 15.2. The predicted octanol–water partition coefficient (Wildman–Crippen LogP) is 3.84. The molecule has 0 saturated carbocycles. The Labute approximate surface area is 184 Å². The van der Waals surface area contributed by atoms with E-state index in [9.17, 15) is 14.4 Å². The summed E-state index contributed by atoms with van der Waals surface area (Å²) in [5.41, 5.74) is 0.614. The summed E-state index contributed by atoms with van der Waals surface area (Å²) >= 11 is 13.1. The van der Waals surface area contributed by atoms with Gasteiger partial charge in [0.15, 0.2) is 0 Å². The van der Waals surface area contributed by atoms with E-state index in [-0.39, 0.29) is 12.5 Å². The van der Waals surface area contributed by atoms with E-state index in [2.05, 4.69) is 5.32 Å². The summed E-state index contributed by atoms with van der Waals surface area (Å²) in [5.74, 6) is -0.351. The monoisotopic (exact) mass is 459 g/mol. The molecule has 6 nitrogen and oxygen atoms in total. The molecule has 0 unspecified atom stereocenters.